The van der Waals surface area contributed by atoms with Gasteiger partial charge in [0, 0.05) is 7.05 Å². The van der Waals surface area contributed by atoms with Gasteiger partial charge in [0.2, 0.25) is 5.16 Å². The fourth-order valence-corrected chi connectivity index (χ4v) is 2.25. The molecular weight excluding hydrogens is 224 g/mol. The van der Waals surface area contributed by atoms with Crippen LogP contribution in [0.25, 0.3) is 0 Å². The fraction of sp³-hybridized carbons (Fsp3) is 0.333. The van der Waals surface area contributed by atoms with Crippen LogP contribution in [-0.4, -0.2) is 25.0 Å². The van der Waals surface area contributed by atoms with Crippen molar-refractivity contribution < 1.29 is 0 Å². The summed E-state index contributed by atoms with van der Waals surface area (Å²) in [5, 5.41) is 21.4. The zero-order valence-corrected chi connectivity index (χ0v) is 9.96. The highest BCUT2D eigenvalue weighted by Gasteiger charge is 2.15. The first-order valence-corrected chi connectivity index (χ1v) is 5.44. The van der Waals surface area contributed by atoms with Gasteiger partial charge in [0.15, 0.2) is 0 Å². The molecule has 0 aromatic carbocycles. The van der Waals surface area contributed by atoms with Crippen molar-refractivity contribution in [2.75, 3.05) is 0 Å². The molecule has 0 unspecified atom stereocenters. The lowest BCUT2D eigenvalue weighted by Crippen LogP contribution is -1.93. The first-order chi connectivity index (χ1) is 7.61. The van der Waals surface area contributed by atoms with Crippen LogP contribution in [0.3, 0.4) is 0 Å². The summed E-state index contributed by atoms with van der Waals surface area (Å²) in [6.07, 6.45) is 0. The van der Waals surface area contributed by atoms with E-state index < -0.39 is 0 Å². The summed E-state index contributed by atoms with van der Waals surface area (Å²) < 4.78 is 1.67. The van der Waals surface area contributed by atoms with E-state index in [1.54, 1.807) is 11.7 Å². The Morgan fingerprint density at radius 2 is 2.19 bits per heavy atom. The fourth-order valence-electron chi connectivity index (χ4n) is 1.34. The molecule has 2 rings (SSSR count). The van der Waals surface area contributed by atoms with E-state index in [-0.39, 0.29) is 0 Å². The van der Waals surface area contributed by atoms with Gasteiger partial charge in [-0.2, -0.15) is 10.4 Å². The largest absolute Gasteiger partial charge is 0.262 e. The van der Waals surface area contributed by atoms with E-state index in [9.17, 15) is 0 Å². The van der Waals surface area contributed by atoms with Gasteiger partial charge in [0.1, 0.15) is 22.5 Å². The summed E-state index contributed by atoms with van der Waals surface area (Å²) >= 11 is 1.33. The molecule has 0 radical (unpaired) electrons. The summed E-state index contributed by atoms with van der Waals surface area (Å²) in [7, 11) is 1.80. The van der Waals surface area contributed by atoms with Crippen LogP contribution >= 0.6 is 11.8 Å². The van der Waals surface area contributed by atoms with Gasteiger partial charge in [-0.1, -0.05) is 0 Å². The maximum atomic E-state index is 9.03. The van der Waals surface area contributed by atoms with Gasteiger partial charge >= 0.3 is 0 Å². The second-order valence-electron chi connectivity index (χ2n) is 3.31. The molecular formula is C9H10N6S. The molecule has 0 aliphatic heterocycles. The Balaban J connectivity index is 2.38. The number of nitrogens with zero attached hydrogens (tertiary/aromatic N) is 5. The lowest BCUT2D eigenvalue weighted by Gasteiger charge is -1.97. The molecule has 0 saturated carbocycles. The molecule has 1 N–H and O–H groups in total. The Labute approximate surface area is 96.7 Å². The Bertz CT molecular complexity index is 561. The van der Waals surface area contributed by atoms with E-state index in [4.69, 9.17) is 5.26 Å². The normalized spacial score (nSPS) is 10.4. The molecule has 0 atom stereocenters. The minimum absolute atomic E-state index is 0.579. The summed E-state index contributed by atoms with van der Waals surface area (Å²) in [5.41, 5.74) is 1.30. The lowest BCUT2D eigenvalue weighted by molar-refractivity contribution is 0.690. The van der Waals surface area contributed by atoms with Crippen LogP contribution < -0.4 is 0 Å². The molecule has 0 saturated heterocycles. The summed E-state index contributed by atoms with van der Waals surface area (Å²) in [4.78, 5) is 4.18. The van der Waals surface area contributed by atoms with Crippen molar-refractivity contribution in [1.29, 1.82) is 5.26 Å². The summed E-state index contributed by atoms with van der Waals surface area (Å²) in [6, 6.07) is 2.14. The van der Waals surface area contributed by atoms with Crippen molar-refractivity contribution >= 4 is 11.8 Å². The number of hydrogen-bond acceptors (Lipinski definition) is 5. The number of nitriles is 1. The number of aromatic nitrogens is 5. The molecule has 6 nitrogen and oxygen atoms in total. The van der Waals surface area contributed by atoms with E-state index in [0.717, 1.165) is 16.5 Å². The van der Waals surface area contributed by atoms with Gasteiger partial charge in [-0.15, -0.1) is 5.10 Å². The maximum absolute atomic E-state index is 9.03. The average Bonchev–Trinajstić information content (AvgIpc) is 2.73. The number of aryl methyl sites for hydroxylation is 3. The second-order valence-corrected chi connectivity index (χ2v) is 4.26. The molecule has 82 valence electrons. The highest BCUT2D eigenvalue weighted by atomic mass is 32.2. The summed E-state index contributed by atoms with van der Waals surface area (Å²) in [6.45, 7) is 3.64. The van der Waals surface area contributed by atoms with Gasteiger partial charge < -0.3 is 0 Å². The van der Waals surface area contributed by atoms with Crippen LogP contribution in [0.1, 0.15) is 17.1 Å². The van der Waals surface area contributed by atoms with Crippen LogP contribution in [0, 0.1) is 25.2 Å². The third kappa shape index (κ3) is 1.79. The van der Waals surface area contributed by atoms with Gasteiger partial charge in [-0.3, -0.25) is 9.78 Å². The molecule has 0 aliphatic rings. The van der Waals surface area contributed by atoms with Crippen LogP contribution in [0.4, 0.5) is 0 Å². The third-order valence-electron chi connectivity index (χ3n) is 2.05. The quantitative estimate of drug-likeness (QED) is 0.843. The SMILES string of the molecule is Cc1nc(Sc2c(C#N)c(C)nn2C)n[nH]1. The third-order valence-corrected chi connectivity index (χ3v) is 3.07. The molecule has 7 heteroatoms. The van der Waals surface area contributed by atoms with Crippen LogP contribution in [-0.2, 0) is 7.05 Å². The van der Waals surface area contributed by atoms with Crippen LogP contribution in [0.15, 0.2) is 10.2 Å². The monoisotopic (exact) mass is 234 g/mol. The molecule has 0 amide bonds. The Morgan fingerprint density at radius 3 is 2.75 bits per heavy atom. The summed E-state index contributed by atoms with van der Waals surface area (Å²) in [5.74, 6) is 0.750. The zero-order chi connectivity index (χ0) is 11.7. The number of nitrogens with one attached hydrogen (secondary N) is 1. The molecule has 0 aliphatic carbocycles. The molecule has 2 aromatic heterocycles. The number of hydrogen-bond donors (Lipinski definition) is 1. The Hall–Kier alpha value is -1.81. The minimum Gasteiger partial charge on any atom is -0.262 e. The molecule has 2 heterocycles. The topological polar surface area (TPSA) is 83.2 Å². The standard InChI is InChI=1S/C9H10N6S/c1-5-7(4-10)8(15(3)14-5)16-9-11-6(2)12-13-9/h1-3H3,(H,11,12,13). The predicted octanol–water partition coefficient (Wildman–Crippen LogP) is 1.18. The van der Waals surface area contributed by atoms with Crippen LogP contribution in [0.2, 0.25) is 0 Å². The lowest BCUT2D eigenvalue weighted by atomic mass is 10.3. The Morgan fingerprint density at radius 1 is 1.44 bits per heavy atom. The van der Waals surface area contributed by atoms with E-state index in [1.807, 2.05) is 13.8 Å². The van der Waals surface area contributed by atoms with Crippen molar-refractivity contribution in [2.24, 2.45) is 7.05 Å². The van der Waals surface area contributed by atoms with E-state index in [0.29, 0.717) is 10.7 Å². The predicted molar refractivity (Wildman–Crippen MR) is 57.9 cm³/mol. The van der Waals surface area contributed by atoms with Gasteiger partial charge in [-0.25, -0.2) is 4.98 Å². The molecule has 0 fully saturated rings. The zero-order valence-electron chi connectivity index (χ0n) is 9.14. The number of H-pyrrole nitrogens is 1. The molecule has 0 bridgehead atoms. The first-order valence-electron chi connectivity index (χ1n) is 4.62. The van der Waals surface area contributed by atoms with E-state index in [1.165, 1.54) is 11.8 Å². The van der Waals surface area contributed by atoms with Crippen molar-refractivity contribution in [3.63, 3.8) is 0 Å². The van der Waals surface area contributed by atoms with Crippen molar-refractivity contribution in [2.45, 2.75) is 24.0 Å². The molecule has 2 aromatic rings. The number of rotatable bonds is 2. The van der Waals surface area contributed by atoms with Crippen molar-refractivity contribution in [1.82, 2.24) is 25.0 Å². The second kappa shape index (κ2) is 3.98. The van der Waals surface area contributed by atoms with E-state index >= 15 is 0 Å². The molecule has 0 spiro atoms. The van der Waals surface area contributed by atoms with Crippen molar-refractivity contribution in [3.05, 3.63) is 17.1 Å². The highest BCUT2D eigenvalue weighted by Crippen LogP contribution is 2.28. The van der Waals surface area contributed by atoms with Crippen molar-refractivity contribution in [3.8, 4) is 6.07 Å². The highest BCUT2D eigenvalue weighted by molar-refractivity contribution is 7.99. The van der Waals surface area contributed by atoms with Crippen LogP contribution in [0.5, 0.6) is 0 Å². The van der Waals surface area contributed by atoms with Gasteiger partial charge in [0.25, 0.3) is 0 Å². The van der Waals surface area contributed by atoms with Gasteiger partial charge in [-0.05, 0) is 25.6 Å². The maximum Gasteiger partial charge on any atom is 0.214 e. The Kier molecular flexibility index (Phi) is 2.66. The smallest absolute Gasteiger partial charge is 0.214 e. The molecule has 16 heavy (non-hydrogen) atoms. The van der Waals surface area contributed by atoms with E-state index in [2.05, 4.69) is 26.3 Å². The first kappa shape index (κ1) is 10.7. The average molecular weight is 234 g/mol. The minimum atomic E-state index is 0.579. The van der Waals surface area contributed by atoms with Gasteiger partial charge in [0.05, 0.1) is 5.69 Å². The number of aromatic amines is 1.